The average molecular weight is 462 g/mol. The molecule has 1 aliphatic rings. The number of nitrogens with zero attached hydrogens (tertiary/aromatic N) is 2. The number of piperazine rings is 1. The minimum absolute atomic E-state index is 0.226. The molecule has 1 fully saturated rings. The molecule has 0 aromatic heterocycles. The van der Waals surface area contributed by atoms with Crippen LogP contribution in [0, 0.1) is 0 Å². The lowest BCUT2D eigenvalue weighted by Gasteiger charge is -2.34. The summed E-state index contributed by atoms with van der Waals surface area (Å²) in [6, 6.07) is 25.0. The van der Waals surface area contributed by atoms with E-state index in [4.69, 9.17) is 0 Å². The molecular formula is C26H27N3O3S. The Morgan fingerprint density at radius 2 is 1.45 bits per heavy atom. The van der Waals surface area contributed by atoms with Crippen LogP contribution < -0.4 is 5.32 Å². The normalized spacial score (nSPS) is 15.2. The quantitative estimate of drug-likeness (QED) is 0.541. The molecule has 0 atom stereocenters. The number of carbonyl (C=O) groups excluding carboxylic acids is 1. The molecule has 33 heavy (non-hydrogen) atoms. The molecule has 0 unspecified atom stereocenters. The third-order valence-electron chi connectivity index (χ3n) is 5.74. The van der Waals surface area contributed by atoms with Crippen LogP contribution in [0.3, 0.4) is 0 Å². The first kappa shape index (κ1) is 22.9. The fourth-order valence-corrected chi connectivity index (χ4v) is 5.29. The minimum atomic E-state index is -3.57. The molecule has 7 heteroatoms. The molecule has 1 heterocycles. The molecule has 170 valence electrons. The highest BCUT2D eigenvalue weighted by Crippen LogP contribution is 2.22. The van der Waals surface area contributed by atoms with Gasteiger partial charge < -0.3 is 5.32 Å². The largest absolute Gasteiger partial charge is 0.323 e. The van der Waals surface area contributed by atoms with Gasteiger partial charge in [0, 0.05) is 38.4 Å². The fourth-order valence-electron chi connectivity index (χ4n) is 3.87. The van der Waals surface area contributed by atoms with Crippen LogP contribution in [-0.2, 0) is 21.4 Å². The second kappa shape index (κ2) is 10.1. The first-order chi connectivity index (χ1) is 16.0. The summed E-state index contributed by atoms with van der Waals surface area (Å²) in [5.41, 5.74) is 4.12. The molecule has 6 nitrogen and oxygen atoms in total. The van der Waals surface area contributed by atoms with Gasteiger partial charge in [-0.05, 0) is 47.0 Å². The number of hydrogen-bond acceptors (Lipinski definition) is 4. The molecule has 0 bridgehead atoms. The van der Waals surface area contributed by atoms with Crippen LogP contribution >= 0.6 is 0 Å². The van der Waals surface area contributed by atoms with E-state index in [1.807, 2.05) is 18.2 Å². The lowest BCUT2D eigenvalue weighted by molar-refractivity contribution is -0.111. The number of anilines is 1. The summed E-state index contributed by atoms with van der Waals surface area (Å²) in [5.74, 6) is -0.337. The summed E-state index contributed by atoms with van der Waals surface area (Å²) in [5, 5.41) is 2.62. The highest BCUT2D eigenvalue weighted by Gasteiger charge is 2.28. The van der Waals surface area contributed by atoms with Crippen LogP contribution in [-0.4, -0.2) is 49.7 Å². The zero-order chi connectivity index (χ0) is 23.3. The van der Waals surface area contributed by atoms with Crippen molar-refractivity contribution >= 4 is 21.6 Å². The van der Waals surface area contributed by atoms with Gasteiger partial charge in [-0.15, -0.1) is 0 Å². The van der Waals surface area contributed by atoms with E-state index < -0.39 is 10.0 Å². The van der Waals surface area contributed by atoms with E-state index in [0.717, 1.165) is 6.54 Å². The Morgan fingerprint density at radius 1 is 0.848 bits per heavy atom. The summed E-state index contributed by atoms with van der Waals surface area (Å²) in [6.45, 7) is 6.43. The van der Waals surface area contributed by atoms with E-state index in [-0.39, 0.29) is 10.8 Å². The van der Waals surface area contributed by atoms with Crippen molar-refractivity contribution in [2.24, 2.45) is 0 Å². The smallest absolute Gasteiger partial charge is 0.247 e. The highest BCUT2D eigenvalue weighted by molar-refractivity contribution is 7.89. The van der Waals surface area contributed by atoms with E-state index in [1.165, 1.54) is 39.2 Å². The molecule has 3 aromatic rings. The monoisotopic (exact) mass is 461 g/mol. The number of carbonyl (C=O) groups is 1. The van der Waals surface area contributed by atoms with Crippen molar-refractivity contribution in [1.29, 1.82) is 0 Å². The van der Waals surface area contributed by atoms with E-state index in [2.05, 4.69) is 53.2 Å². The molecule has 1 N–H and O–H groups in total. The van der Waals surface area contributed by atoms with Crippen LogP contribution in [0.1, 0.15) is 5.56 Å². The molecule has 1 aliphatic heterocycles. The third kappa shape index (κ3) is 5.57. The van der Waals surface area contributed by atoms with Gasteiger partial charge in [-0.1, -0.05) is 61.2 Å². The molecule has 3 aromatic carbocycles. The Kier molecular flexibility index (Phi) is 7.03. The molecule has 0 spiro atoms. The second-order valence-electron chi connectivity index (χ2n) is 7.96. The van der Waals surface area contributed by atoms with Gasteiger partial charge in [0.15, 0.2) is 0 Å². The number of sulfonamides is 1. The molecule has 0 radical (unpaired) electrons. The SMILES string of the molecule is C=CC(=O)Nc1ccc(S(=O)(=O)N2CCN(Cc3ccc(-c4ccccc4)cc3)CC2)cc1. The number of amides is 1. The Balaban J connectivity index is 1.33. The van der Waals surface area contributed by atoms with Crippen molar-refractivity contribution in [3.05, 3.63) is 97.1 Å². The zero-order valence-corrected chi connectivity index (χ0v) is 19.2. The summed E-state index contributed by atoms with van der Waals surface area (Å²) >= 11 is 0. The number of benzene rings is 3. The highest BCUT2D eigenvalue weighted by atomic mass is 32.2. The minimum Gasteiger partial charge on any atom is -0.323 e. The lowest BCUT2D eigenvalue weighted by atomic mass is 10.0. The van der Waals surface area contributed by atoms with Crippen molar-refractivity contribution < 1.29 is 13.2 Å². The topological polar surface area (TPSA) is 69.7 Å². The molecule has 0 saturated carbocycles. The van der Waals surface area contributed by atoms with Gasteiger partial charge >= 0.3 is 0 Å². The van der Waals surface area contributed by atoms with E-state index in [0.29, 0.717) is 31.9 Å². The van der Waals surface area contributed by atoms with Gasteiger partial charge in [0.05, 0.1) is 4.90 Å². The van der Waals surface area contributed by atoms with Gasteiger partial charge in [0.1, 0.15) is 0 Å². The lowest BCUT2D eigenvalue weighted by Crippen LogP contribution is -2.48. The van der Waals surface area contributed by atoms with Crippen molar-refractivity contribution in [3.63, 3.8) is 0 Å². The summed E-state index contributed by atoms with van der Waals surface area (Å²) in [7, 11) is -3.57. The Labute approximate surface area is 195 Å². The summed E-state index contributed by atoms with van der Waals surface area (Å²) in [6.07, 6.45) is 1.17. The van der Waals surface area contributed by atoms with Gasteiger partial charge in [-0.3, -0.25) is 9.69 Å². The van der Waals surface area contributed by atoms with E-state index in [1.54, 1.807) is 12.1 Å². The summed E-state index contributed by atoms with van der Waals surface area (Å²) < 4.78 is 27.6. The number of hydrogen-bond donors (Lipinski definition) is 1. The van der Waals surface area contributed by atoms with Crippen molar-refractivity contribution in [2.45, 2.75) is 11.4 Å². The predicted octanol–water partition coefficient (Wildman–Crippen LogP) is 3.98. The van der Waals surface area contributed by atoms with Crippen molar-refractivity contribution in [3.8, 4) is 11.1 Å². The standard InChI is InChI=1S/C26H27N3O3S/c1-2-26(30)27-24-12-14-25(15-13-24)33(31,32)29-18-16-28(17-19-29)20-21-8-10-23(11-9-21)22-6-4-3-5-7-22/h2-15H,1,16-20H2,(H,27,30). The predicted molar refractivity (Wildman–Crippen MR) is 131 cm³/mol. The maximum atomic E-state index is 13.0. The van der Waals surface area contributed by atoms with Crippen LogP contribution in [0.2, 0.25) is 0 Å². The number of rotatable bonds is 7. The first-order valence-electron chi connectivity index (χ1n) is 10.9. The van der Waals surface area contributed by atoms with Gasteiger partial charge in [0.2, 0.25) is 15.9 Å². The fraction of sp³-hybridized carbons (Fsp3) is 0.192. The molecule has 4 rings (SSSR count). The maximum absolute atomic E-state index is 13.0. The Bertz CT molecular complexity index is 1200. The summed E-state index contributed by atoms with van der Waals surface area (Å²) in [4.78, 5) is 13.9. The average Bonchev–Trinajstić information content (AvgIpc) is 2.85. The van der Waals surface area contributed by atoms with Crippen LogP contribution in [0.4, 0.5) is 5.69 Å². The Morgan fingerprint density at radius 3 is 2.06 bits per heavy atom. The Hall–Kier alpha value is -3.26. The molecular weight excluding hydrogens is 434 g/mol. The second-order valence-corrected chi connectivity index (χ2v) is 9.90. The van der Waals surface area contributed by atoms with Crippen LogP contribution in [0.25, 0.3) is 11.1 Å². The molecule has 0 aliphatic carbocycles. The van der Waals surface area contributed by atoms with Crippen molar-refractivity contribution in [2.75, 3.05) is 31.5 Å². The maximum Gasteiger partial charge on any atom is 0.247 e. The number of nitrogens with one attached hydrogen (secondary N) is 1. The molecule has 1 saturated heterocycles. The van der Waals surface area contributed by atoms with Gasteiger partial charge in [0.25, 0.3) is 0 Å². The third-order valence-corrected chi connectivity index (χ3v) is 7.66. The van der Waals surface area contributed by atoms with E-state index in [9.17, 15) is 13.2 Å². The van der Waals surface area contributed by atoms with Gasteiger partial charge in [-0.2, -0.15) is 4.31 Å². The van der Waals surface area contributed by atoms with Gasteiger partial charge in [-0.25, -0.2) is 8.42 Å². The zero-order valence-electron chi connectivity index (χ0n) is 18.4. The first-order valence-corrected chi connectivity index (χ1v) is 12.3. The van der Waals surface area contributed by atoms with Crippen LogP contribution in [0.15, 0.2) is 96.4 Å². The van der Waals surface area contributed by atoms with Crippen LogP contribution in [0.5, 0.6) is 0 Å². The van der Waals surface area contributed by atoms with Crippen molar-refractivity contribution in [1.82, 2.24) is 9.21 Å². The molecule has 1 amide bonds. The van der Waals surface area contributed by atoms with E-state index >= 15 is 0 Å².